The average molecular weight is 265 g/mol. The van der Waals surface area contributed by atoms with Crippen LogP contribution in [0.4, 0.5) is 5.69 Å². The molecule has 2 nitrogen and oxygen atoms in total. The Kier molecular flexibility index (Phi) is 4.68. The van der Waals surface area contributed by atoms with Crippen molar-refractivity contribution in [2.75, 3.05) is 11.9 Å². The summed E-state index contributed by atoms with van der Waals surface area (Å²) in [5.41, 5.74) is 4.81. The van der Waals surface area contributed by atoms with E-state index < -0.39 is 0 Å². The van der Waals surface area contributed by atoms with Crippen LogP contribution in [-0.4, -0.2) is 6.61 Å². The van der Waals surface area contributed by atoms with Crippen molar-refractivity contribution in [3.63, 3.8) is 0 Å². The molecule has 0 aliphatic heterocycles. The topological polar surface area (TPSA) is 21.3 Å². The maximum atomic E-state index is 5.55. The van der Waals surface area contributed by atoms with Gasteiger partial charge in [-0.2, -0.15) is 0 Å². The van der Waals surface area contributed by atoms with E-state index in [-0.39, 0.29) is 0 Å². The molecule has 0 saturated carbocycles. The number of hydrogen-bond acceptors (Lipinski definition) is 2. The Hall–Kier alpha value is -2.40. The number of terminal acetylenes is 1. The van der Waals surface area contributed by atoms with E-state index in [0.717, 1.165) is 17.0 Å². The molecule has 102 valence electrons. The zero-order valence-electron chi connectivity index (χ0n) is 11.9. The third kappa shape index (κ3) is 3.33. The third-order valence-electron chi connectivity index (χ3n) is 3.36. The highest BCUT2D eigenvalue weighted by Crippen LogP contribution is 2.22. The van der Waals surface area contributed by atoms with Crippen LogP contribution < -0.4 is 10.1 Å². The Morgan fingerprint density at radius 1 is 1.10 bits per heavy atom. The number of benzene rings is 2. The molecule has 0 spiro atoms. The SMILES string of the molecule is C#CCOc1ccccc1CNc1cccc(C)c1C. The third-order valence-corrected chi connectivity index (χ3v) is 3.36. The molecule has 1 N–H and O–H groups in total. The second kappa shape index (κ2) is 6.68. The average Bonchev–Trinajstić information content (AvgIpc) is 2.47. The van der Waals surface area contributed by atoms with Crippen molar-refractivity contribution in [3.05, 3.63) is 59.2 Å². The second-order valence-corrected chi connectivity index (χ2v) is 4.70. The number of para-hydroxylation sites is 1. The van der Waals surface area contributed by atoms with E-state index in [1.807, 2.05) is 24.3 Å². The normalized spacial score (nSPS) is 9.85. The van der Waals surface area contributed by atoms with Crippen LogP contribution in [0.15, 0.2) is 42.5 Å². The molecule has 2 aromatic rings. The molecule has 20 heavy (non-hydrogen) atoms. The fourth-order valence-electron chi connectivity index (χ4n) is 2.04. The van der Waals surface area contributed by atoms with Crippen molar-refractivity contribution in [1.82, 2.24) is 0 Å². The number of ether oxygens (including phenoxy) is 1. The summed E-state index contributed by atoms with van der Waals surface area (Å²) in [7, 11) is 0. The highest BCUT2D eigenvalue weighted by Gasteiger charge is 2.04. The molecule has 2 rings (SSSR count). The molecule has 0 bridgehead atoms. The van der Waals surface area contributed by atoms with E-state index in [1.54, 1.807) is 0 Å². The lowest BCUT2D eigenvalue weighted by Crippen LogP contribution is -2.05. The molecule has 2 heteroatoms. The Morgan fingerprint density at radius 3 is 2.70 bits per heavy atom. The molecule has 2 aromatic carbocycles. The number of rotatable bonds is 5. The van der Waals surface area contributed by atoms with Gasteiger partial charge < -0.3 is 10.1 Å². The molecule has 0 atom stereocenters. The van der Waals surface area contributed by atoms with Crippen LogP contribution in [0.1, 0.15) is 16.7 Å². The van der Waals surface area contributed by atoms with Gasteiger partial charge in [0.15, 0.2) is 0 Å². The monoisotopic (exact) mass is 265 g/mol. The summed E-state index contributed by atoms with van der Waals surface area (Å²) in [5, 5.41) is 3.46. The highest BCUT2D eigenvalue weighted by molar-refractivity contribution is 5.54. The number of nitrogens with one attached hydrogen (secondary N) is 1. The Bertz CT molecular complexity index is 626. The molecule has 0 radical (unpaired) electrons. The quantitative estimate of drug-likeness (QED) is 0.827. The number of hydrogen-bond donors (Lipinski definition) is 1. The molecule has 0 aliphatic carbocycles. The van der Waals surface area contributed by atoms with Gasteiger partial charge in [0.2, 0.25) is 0 Å². The van der Waals surface area contributed by atoms with Gasteiger partial charge in [0.25, 0.3) is 0 Å². The minimum absolute atomic E-state index is 0.292. The summed E-state index contributed by atoms with van der Waals surface area (Å²) in [6.07, 6.45) is 5.24. The van der Waals surface area contributed by atoms with Crippen molar-refractivity contribution < 1.29 is 4.74 Å². The number of aryl methyl sites for hydroxylation is 1. The summed E-state index contributed by atoms with van der Waals surface area (Å²) >= 11 is 0. The lowest BCUT2D eigenvalue weighted by Gasteiger charge is -2.14. The van der Waals surface area contributed by atoms with Crippen LogP contribution in [0.2, 0.25) is 0 Å². The van der Waals surface area contributed by atoms with E-state index >= 15 is 0 Å². The van der Waals surface area contributed by atoms with Crippen LogP contribution in [0, 0.1) is 26.2 Å². The fraction of sp³-hybridized carbons (Fsp3) is 0.222. The molecule has 0 fully saturated rings. The van der Waals surface area contributed by atoms with Crippen LogP contribution in [-0.2, 0) is 6.54 Å². The fourth-order valence-corrected chi connectivity index (χ4v) is 2.04. The van der Waals surface area contributed by atoms with Crippen molar-refractivity contribution in [1.29, 1.82) is 0 Å². The lowest BCUT2D eigenvalue weighted by atomic mass is 10.1. The summed E-state index contributed by atoms with van der Waals surface area (Å²) in [5.74, 6) is 3.33. The van der Waals surface area contributed by atoms with Gasteiger partial charge in [-0.25, -0.2) is 0 Å². The smallest absolute Gasteiger partial charge is 0.148 e. The lowest BCUT2D eigenvalue weighted by molar-refractivity contribution is 0.366. The van der Waals surface area contributed by atoms with Gasteiger partial charge in [-0.15, -0.1) is 6.42 Å². The maximum absolute atomic E-state index is 5.55. The first-order valence-corrected chi connectivity index (χ1v) is 6.66. The van der Waals surface area contributed by atoms with Crippen molar-refractivity contribution >= 4 is 5.69 Å². The van der Waals surface area contributed by atoms with Gasteiger partial charge >= 0.3 is 0 Å². The van der Waals surface area contributed by atoms with Gasteiger partial charge in [0, 0.05) is 17.8 Å². The maximum Gasteiger partial charge on any atom is 0.148 e. The predicted octanol–water partition coefficient (Wildman–Crippen LogP) is 3.93. The van der Waals surface area contributed by atoms with Gasteiger partial charge in [0.1, 0.15) is 12.4 Å². The zero-order chi connectivity index (χ0) is 14.4. The molecule has 0 heterocycles. The van der Waals surface area contributed by atoms with Crippen LogP contribution in [0.5, 0.6) is 5.75 Å². The Balaban J connectivity index is 2.11. The summed E-state index contributed by atoms with van der Waals surface area (Å²) in [4.78, 5) is 0. The Morgan fingerprint density at radius 2 is 1.90 bits per heavy atom. The highest BCUT2D eigenvalue weighted by atomic mass is 16.5. The molecule has 0 aliphatic rings. The van der Waals surface area contributed by atoms with E-state index in [9.17, 15) is 0 Å². The minimum atomic E-state index is 0.292. The number of anilines is 1. The Labute approximate surface area is 120 Å². The predicted molar refractivity (Wildman–Crippen MR) is 84.0 cm³/mol. The minimum Gasteiger partial charge on any atom is -0.481 e. The molecule has 0 saturated heterocycles. The summed E-state index contributed by atoms with van der Waals surface area (Å²) < 4.78 is 5.55. The largest absolute Gasteiger partial charge is 0.481 e. The van der Waals surface area contributed by atoms with E-state index in [1.165, 1.54) is 11.1 Å². The molecular weight excluding hydrogens is 246 g/mol. The van der Waals surface area contributed by atoms with E-state index in [4.69, 9.17) is 11.2 Å². The van der Waals surface area contributed by atoms with Gasteiger partial charge in [-0.05, 0) is 37.1 Å². The molecule has 0 aromatic heterocycles. The van der Waals surface area contributed by atoms with Crippen molar-refractivity contribution in [2.24, 2.45) is 0 Å². The zero-order valence-corrected chi connectivity index (χ0v) is 11.9. The van der Waals surface area contributed by atoms with Crippen LogP contribution in [0.3, 0.4) is 0 Å². The van der Waals surface area contributed by atoms with Gasteiger partial charge in [-0.3, -0.25) is 0 Å². The first-order chi connectivity index (χ1) is 9.72. The second-order valence-electron chi connectivity index (χ2n) is 4.70. The molecule has 0 amide bonds. The molecule has 0 unspecified atom stereocenters. The summed E-state index contributed by atoms with van der Waals surface area (Å²) in [6.45, 7) is 5.24. The van der Waals surface area contributed by atoms with Crippen LogP contribution >= 0.6 is 0 Å². The molecular formula is C18H19NO. The van der Waals surface area contributed by atoms with Crippen molar-refractivity contribution in [2.45, 2.75) is 20.4 Å². The van der Waals surface area contributed by atoms with Gasteiger partial charge in [-0.1, -0.05) is 36.3 Å². The standard InChI is InChI=1S/C18H19NO/c1-4-12-20-18-11-6-5-9-16(18)13-19-17-10-7-8-14(2)15(17)3/h1,5-11,19H,12-13H2,2-3H3. The first-order valence-electron chi connectivity index (χ1n) is 6.66. The van der Waals surface area contributed by atoms with E-state index in [2.05, 4.69) is 43.3 Å². The van der Waals surface area contributed by atoms with Crippen molar-refractivity contribution in [3.8, 4) is 18.1 Å². The van der Waals surface area contributed by atoms with Gasteiger partial charge in [0.05, 0.1) is 0 Å². The van der Waals surface area contributed by atoms with Crippen LogP contribution in [0.25, 0.3) is 0 Å². The summed E-state index contributed by atoms with van der Waals surface area (Å²) in [6, 6.07) is 14.2. The first kappa shape index (κ1) is 14.0. The van der Waals surface area contributed by atoms with E-state index in [0.29, 0.717) is 13.2 Å².